The minimum atomic E-state index is -4.62. The Morgan fingerprint density at radius 2 is 1.43 bits per heavy atom. The molecule has 0 amide bonds. The van der Waals surface area contributed by atoms with Crippen LogP contribution in [0.5, 0.6) is 0 Å². The van der Waals surface area contributed by atoms with Gasteiger partial charge in [0.15, 0.2) is 0 Å². The Kier molecular flexibility index (Phi) is 7.87. The fraction of sp³-hybridized carbons (Fsp3) is 0.333. The number of benzene rings is 2. The van der Waals surface area contributed by atoms with E-state index in [2.05, 4.69) is 0 Å². The van der Waals surface area contributed by atoms with E-state index >= 15 is 0 Å². The first-order valence-corrected chi connectivity index (χ1v) is 10.5. The van der Waals surface area contributed by atoms with E-state index in [1.807, 2.05) is 24.3 Å². The van der Waals surface area contributed by atoms with Crippen LogP contribution in [0.25, 0.3) is 11.1 Å². The van der Waals surface area contributed by atoms with Gasteiger partial charge in [0.2, 0.25) is 0 Å². The van der Waals surface area contributed by atoms with Crippen molar-refractivity contribution in [2.75, 3.05) is 14.2 Å². The van der Waals surface area contributed by atoms with Crippen LogP contribution in [-0.2, 0) is 34.6 Å². The van der Waals surface area contributed by atoms with Crippen LogP contribution in [0.2, 0.25) is 0 Å². The number of carbonyl (C=O) groups is 2. The van der Waals surface area contributed by atoms with Crippen molar-refractivity contribution in [2.24, 2.45) is 0 Å². The van der Waals surface area contributed by atoms with Crippen molar-refractivity contribution >= 4 is 22.1 Å². The van der Waals surface area contributed by atoms with E-state index in [9.17, 15) is 22.6 Å². The van der Waals surface area contributed by atoms with E-state index in [-0.39, 0.29) is 59.2 Å². The molecule has 0 saturated carbocycles. The second-order valence-electron chi connectivity index (χ2n) is 6.94. The monoisotopic (exact) mass is 440 g/mol. The maximum absolute atomic E-state index is 11.9. The Bertz CT molecular complexity index is 1040. The molecule has 0 aliphatic heterocycles. The first-order chi connectivity index (χ1) is 13.7. The molecule has 0 bridgehead atoms. The van der Waals surface area contributed by atoms with Gasteiger partial charge in [0, 0.05) is 18.3 Å². The molecule has 3 rings (SSSR count). The minimum absolute atomic E-state index is 0. The Labute approximate surface area is 197 Å². The summed E-state index contributed by atoms with van der Waals surface area (Å²) in [5.74, 6) is -0.765. The summed E-state index contributed by atoms with van der Waals surface area (Å²) in [6, 6.07) is 11.7. The summed E-state index contributed by atoms with van der Waals surface area (Å²) in [6.07, 6.45) is 0.967. The standard InChI is InChI=1S/C21H22O7S.Na/c1-27-19(22)9-11-21(12-10-20(23)28-2)17-6-4-3-5-15(17)16-13-14(29(24,25)26)7-8-18(16)21;/h3-8,13H,9-12H2,1-2H3,(H,24,25,26);/q;+1/p-1. The molecule has 9 heteroatoms. The summed E-state index contributed by atoms with van der Waals surface area (Å²) >= 11 is 0. The average molecular weight is 440 g/mol. The molecule has 0 heterocycles. The quantitative estimate of drug-likeness (QED) is 0.332. The SMILES string of the molecule is COC(=O)CCC1(CCC(=O)OC)c2ccccc2-c2cc(S(=O)(=O)[O-])ccc21.[Na+]. The van der Waals surface area contributed by atoms with Gasteiger partial charge in [-0.15, -0.1) is 0 Å². The summed E-state index contributed by atoms with van der Waals surface area (Å²) in [5.41, 5.74) is 2.34. The van der Waals surface area contributed by atoms with Gasteiger partial charge in [-0.05, 0) is 47.2 Å². The number of methoxy groups -OCH3 is 2. The molecule has 30 heavy (non-hydrogen) atoms. The number of carbonyl (C=O) groups excluding carboxylic acids is 2. The predicted molar refractivity (Wildman–Crippen MR) is 103 cm³/mol. The van der Waals surface area contributed by atoms with E-state index in [1.165, 1.54) is 26.4 Å². The molecule has 1 aliphatic carbocycles. The number of hydrogen-bond acceptors (Lipinski definition) is 7. The molecular weight excluding hydrogens is 419 g/mol. The molecule has 7 nitrogen and oxygen atoms in total. The van der Waals surface area contributed by atoms with Gasteiger partial charge in [-0.1, -0.05) is 30.3 Å². The zero-order valence-corrected chi connectivity index (χ0v) is 20.0. The Morgan fingerprint density at radius 3 is 1.97 bits per heavy atom. The van der Waals surface area contributed by atoms with E-state index in [0.29, 0.717) is 18.4 Å². The molecule has 0 saturated heterocycles. The van der Waals surface area contributed by atoms with Gasteiger partial charge < -0.3 is 14.0 Å². The van der Waals surface area contributed by atoms with Crippen LogP contribution in [0.15, 0.2) is 47.4 Å². The molecule has 0 radical (unpaired) electrons. The van der Waals surface area contributed by atoms with Crippen LogP contribution in [0.1, 0.15) is 36.8 Å². The first-order valence-electron chi connectivity index (χ1n) is 9.07. The summed E-state index contributed by atoms with van der Waals surface area (Å²) in [7, 11) is -2.00. The van der Waals surface area contributed by atoms with E-state index in [1.54, 1.807) is 6.07 Å². The third kappa shape index (κ3) is 4.63. The van der Waals surface area contributed by atoms with E-state index in [4.69, 9.17) is 9.47 Å². The van der Waals surface area contributed by atoms with Crippen molar-refractivity contribution in [3.63, 3.8) is 0 Å². The summed E-state index contributed by atoms with van der Waals surface area (Å²) < 4.78 is 44.2. The molecule has 2 aromatic rings. The van der Waals surface area contributed by atoms with Crippen molar-refractivity contribution in [1.82, 2.24) is 0 Å². The molecule has 2 aromatic carbocycles. The summed E-state index contributed by atoms with van der Waals surface area (Å²) in [5, 5.41) is 0. The first kappa shape index (κ1) is 24.6. The summed E-state index contributed by atoms with van der Waals surface area (Å²) in [4.78, 5) is 23.4. The molecule has 0 unspecified atom stereocenters. The fourth-order valence-electron chi connectivity index (χ4n) is 4.10. The molecule has 0 fully saturated rings. The second kappa shape index (κ2) is 9.62. The normalized spacial score (nSPS) is 13.6. The zero-order chi connectivity index (χ0) is 21.2. The fourth-order valence-corrected chi connectivity index (χ4v) is 4.59. The molecule has 154 valence electrons. The van der Waals surface area contributed by atoms with Crippen LogP contribution in [0, 0.1) is 0 Å². The number of rotatable bonds is 7. The van der Waals surface area contributed by atoms with Crippen molar-refractivity contribution in [3.05, 3.63) is 53.6 Å². The van der Waals surface area contributed by atoms with Gasteiger partial charge in [0.1, 0.15) is 10.1 Å². The smallest absolute Gasteiger partial charge is 0.744 e. The van der Waals surface area contributed by atoms with Crippen molar-refractivity contribution < 1.29 is 61.6 Å². The molecular formula is C21H21NaO7S. The molecule has 0 spiro atoms. The Hall–Kier alpha value is -1.71. The maximum atomic E-state index is 11.9. The minimum Gasteiger partial charge on any atom is -0.744 e. The number of ether oxygens (including phenoxy) is 2. The third-order valence-corrected chi connectivity index (χ3v) is 6.33. The number of esters is 2. The number of hydrogen-bond donors (Lipinski definition) is 0. The van der Waals surface area contributed by atoms with Gasteiger partial charge in [-0.2, -0.15) is 0 Å². The third-order valence-electron chi connectivity index (χ3n) is 5.50. The topological polar surface area (TPSA) is 110 Å². The maximum Gasteiger partial charge on any atom is 1.00 e. The second-order valence-corrected chi connectivity index (χ2v) is 8.32. The molecule has 0 atom stereocenters. The van der Waals surface area contributed by atoms with Gasteiger partial charge in [-0.3, -0.25) is 9.59 Å². The summed E-state index contributed by atoms with van der Waals surface area (Å²) in [6.45, 7) is 0. The van der Waals surface area contributed by atoms with Crippen molar-refractivity contribution in [1.29, 1.82) is 0 Å². The average Bonchev–Trinajstić information content (AvgIpc) is 2.99. The van der Waals surface area contributed by atoms with E-state index < -0.39 is 15.5 Å². The largest absolute Gasteiger partial charge is 1.00 e. The van der Waals surface area contributed by atoms with E-state index in [0.717, 1.165) is 16.7 Å². The molecule has 0 N–H and O–H groups in total. The van der Waals surface area contributed by atoms with Crippen molar-refractivity contribution in [2.45, 2.75) is 36.0 Å². The van der Waals surface area contributed by atoms with Crippen LogP contribution >= 0.6 is 0 Å². The Balaban J connectivity index is 0.00000320. The van der Waals surface area contributed by atoms with Crippen LogP contribution in [-0.4, -0.2) is 39.1 Å². The van der Waals surface area contributed by atoms with Crippen LogP contribution in [0.3, 0.4) is 0 Å². The van der Waals surface area contributed by atoms with Gasteiger partial charge in [0.25, 0.3) is 0 Å². The van der Waals surface area contributed by atoms with Crippen molar-refractivity contribution in [3.8, 4) is 11.1 Å². The van der Waals surface area contributed by atoms with Gasteiger partial charge in [-0.25, -0.2) is 8.42 Å². The molecule has 0 aromatic heterocycles. The predicted octanol–water partition coefficient (Wildman–Crippen LogP) is -0.232. The molecule has 1 aliphatic rings. The van der Waals surface area contributed by atoms with Crippen LogP contribution in [0.4, 0.5) is 0 Å². The van der Waals surface area contributed by atoms with Gasteiger partial charge >= 0.3 is 41.5 Å². The van der Waals surface area contributed by atoms with Gasteiger partial charge in [0.05, 0.1) is 19.1 Å². The van der Waals surface area contributed by atoms with Crippen LogP contribution < -0.4 is 29.6 Å². The zero-order valence-electron chi connectivity index (χ0n) is 17.1. The Morgan fingerprint density at radius 1 is 0.900 bits per heavy atom. The number of fused-ring (bicyclic) bond motifs is 3.